The van der Waals surface area contributed by atoms with Gasteiger partial charge >= 0.3 is 0 Å². The molecule has 3 rings (SSSR count). The third kappa shape index (κ3) is 3.37. The molecule has 1 N–H and O–H groups in total. The number of nitrogens with zero attached hydrogens (tertiary/aromatic N) is 1. The maximum Gasteiger partial charge on any atom is 0.254 e. The number of nitrogens with one attached hydrogen (secondary N) is 1. The minimum atomic E-state index is -0.854. The Labute approximate surface area is 161 Å². The molecule has 136 valence electrons. The molecule has 2 amide bonds. The fraction of sp³-hybridized carbons (Fsp3) is 0.263. The summed E-state index contributed by atoms with van der Waals surface area (Å²) in [5.74, 6) is 0.101. The Hall–Kier alpha value is -2.24. The van der Waals surface area contributed by atoms with Crippen LogP contribution in [0.25, 0.3) is 0 Å². The lowest BCUT2D eigenvalue weighted by atomic mass is 10.1. The Morgan fingerprint density at radius 1 is 1.19 bits per heavy atom. The second-order valence-electron chi connectivity index (χ2n) is 5.89. The molecular weight excluding hydrogens is 375 g/mol. The van der Waals surface area contributed by atoms with Crippen LogP contribution in [0.4, 0.5) is 5.69 Å². The van der Waals surface area contributed by atoms with Gasteiger partial charge in [-0.3, -0.25) is 9.59 Å². The SMILES string of the molecule is CCOc1ccccc1CN1C(=O)C(NC(C)=O)c2c(Cl)ccc(Cl)c21. The van der Waals surface area contributed by atoms with Crippen LogP contribution in [0, 0.1) is 0 Å². The molecule has 5 nitrogen and oxygen atoms in total. The van der Waals surface area contributed by atoms with Crippen LogP contribution >= 0.6 is 23.2 Å². The predicted octanol–water partition coefficient (Wildman–Crippen LogP) is 4.12. The number of rotatable bonds is 5. The Bertz CT molecular complexity index is 870. The van der Waals surface area contributed by atoms with Crippen LogP contribution in [0.15, 0.2) is 36.4 Å². The van der Waals surface area contributed by atoms with Crippen molar-refractivity contribution in [1.29, 1.82) is 0 Å². The first kappa shape index (κ1) is 18.5. The van der Waals surface area contributed by atoms with E-state index in [4.69, 9.17) is 27.9 Å². The third-order valence-electron chi connectivity index (χ3n) is 4.13. The van der Waals surface area contributed by atoms with Gasteiger partial charge in [-0.2, -0.15) is 0 Å². The van der Waals surface area contributed by atoms with Crippen molar-refractivity contribution < 1.29 is 14.3 Å². The van der Waals surface area contributed by atoms with Crippen molar-refractivity contribution in [2.75, 3.05) is 11.5 Å². The van der Waals surface area contributed by atoms with E-state index in [-0.39, 0.29) is 18.4 Å². The summed E-state index contributed by atoms with van der Waals surface area (Å²) in [5, 5.41) is 3.46. The Kier molecular flexibility index (Phi) is 5.39. The van der Waals surface area contributed by atoms with Gasteiger partial charge in [0, 0.05) is 23.1 Å². The molecule has 26 heavy (non-hydrogen) atoms. The molecule has 1 heterocycles. The van der Waals surface area contributed by atoms with Crippen molar-refractivity contribution in [2.24, 2.45) is 0 Å². The maximum atomic E-state index is 13.0. The molecule has 2 aromatic carbocycles. The second kappa shape index (κ2) is 7.56. The Morgan fingerprint density at radius 3 is 2.58 bits per heavy atom. The van der Waals surface area contributed by atoms with Crippen molar-refractivity contribution in [1.82, 2.24) is 5.32 Å². The predicted molar refractivity (Wildman–Crippen MR) is 102 cm³/mol. The second-order valence-corrected chi connectivity index (χ2v) is 6.70. The van der Waals surface area contributed by atoms with Crippen LogP contribution < -0.4 is 15.0 Å². The molecule has 0 bridgehead atoms. The van der Waals surface area contributed by atoms with E-state index in [2.05, 4.69) is 5.32 Å². The molecule has 1 aliphatic heterocycles. The monoisotopic (exact) mass is 392 g/mol. The quantitative estimate of drug-likeness (QED) is 0.832. The van der Waals surface area contributed by atoms with E-state index in [9.17, 15) is 9.59 Å². The van der Waals surface area contributed by atoms with Crippen LogP contribution in [0.2, 0.25) is 10.0 Å². The molecule has 0 saturated carbocycles. The number of amides is 2. The first-order valence-electron chi connectivity index (χ1n) is 8.21. The summed E-state index contributed by atoms with van der Waals surface area (Å²) < 4.78 is 5.65. The van der Waals surface area contributed by atoms with Crippen molar-refractivity contribution in [3.05, 3.63) is 57.6 Å². The highest BCUT2D eigenvalue weighted by Gasteiger charge is 2.41. The van der Waals surface area contributed by atoms with Crippen LogP contribution in [-0.2, 0) is 16.1 Å². The van der Waals surface area contributed by atoms with Crippen LogP contribution in [-0.4, -0.2) is 18.4 Å². The summed E-state index contributed by atoms with van der Waals surface area (Å²) in [4.78, 5) is 26.2. The average Bonchev–Trinajstić information content (AvgIpc) is 2.87. The lowest BCUT2D eigenvalue weighted by Gasteiger charge is -2.21. The summed E-state index contributed by atoms with van der Waals surface area (Å²) in [6.45, 7) is 4.04. The van der Waals surface area contributed by atoms with Gasteiger partial charge in [0.2, 0.25) is 5.91 Å². The van der Waals surface area contributed by atoms with Gasteiger partial charge in [0.05, 0.1) is 23.9 Å². The van der Waals surface area contributed by atoms with E-state index in [1.54, 1.807) is 17.0 Å². The molecule has 2 aromatic rings. The zero-order valence-corrected chi connectivity index (χ0v) is 15.9. The summed E-state index contributed by atoms with van der Waals surface area (Å²) in [6.07, 6.45) is 0. The van der Waals surface area contributed by atoms with Gasteiger partial charge in [-0.1, -0.05) is 41.4 Å². The van der Waals surface area contributed by atoms with Gasteiger partial charge < -0.3 is 15.0 Å². The largest absolute Gasteiger partial charge is 0.494 e. The number of para-hydroxylation sites is 1. The fourth-order valence-corrected chi connectivity index (χ4v) is 3.62. The molecule has 1 unspecified atom stereocenters. The molecule has 0 spiro atoms. The Morgan fingerprint density at radius 2 is 1.88 bits per heavy atom. The molecule has 0 aliphatic carbocycles. The van der Waals surface area contributed by atoms with Crippen LogP contribution in [0.1, 0.15) is 31.0 Å². The van der Waals surface area contributed by atoms with E-state index >= 15 is 0 Å². The normalized spacial score (nSPS) is 15.8. The number of benzene rings is 2. The van der Waals surface area contributed by atoms with Crippen LogP contribution in [0.3, 0.4) is 0 Å². The molecule has 0 radical (unpaired) electrons. The molecular formula is C19H18Cl2N2O3. The lowest BCUT2D eigenvalue weighted by molar-refractivity contribution is -0.126. The molecule has 1 atom stereocenters. The van der Waals surface area contributed by atoms with E-state index in [0.29, 0.717) is 33.7 Å². The van der Waals surface area contributed by atoms with Gasteiger partial charge in [-0.05, 0) is 25.1 Å². The van der Waals surface area contributed by atoms with Crippen molar-refractivity contribution in [3.8, 4) is 5.75 Å². The first-order valence-corrected chi connectivity index (χ1v) is 8.96. The number of hydrogen-bond donors (Lipinski definition) is 1. The number of halogens is 2. The minimum absolute atomic E-state index is 0.262. The van der Waals surface area contributed by atoms with E-state index < -0.39 is 6.04 Å². The van der Waals surface area contributed by atoms with Gasteiger partial charge in [0.25, 0.3) is 5.91 Å². The van der Waals surface area contributed by atoms with Crippen molar-refractivity contribution in [2.45, 2.75) is 26.4 Å². The fourth-order valence-electron chi connectivity index (χ4n) is 3.09. The lowest BCUT2D eigenvalue weighted by Crippen LogP contribution is -2.36. The van der Waals surface area contributed by atoms with E-state index in [0.717, 1.165) is 5.56 Å². The smallest absolute Gasteiger partial charge is 0.254 e. The van der Waals surface area contributed by atoms with E-state index in [1.807, 2.05) is 31.2 Å². The van der Waals surface area contributed by atoms with Gasteiger partial charge in [0.1, 0.15) is 11.8 Å². The van der Waals surface area contributed by atoms with Crippen LogP contribution in [0.5, 0.6) is 5.75 Å². The number of anilines is 1. The topological polar surface area (TPSA) is 58.6 Å². The highest BCUT2D eigenvalue weighted by Crippen LogP contribution is 2.45. The standard InChI is InChI=1S/C19H18Cl2N2O3/c1-3-26-15-7-5-4-6-12(15)10-23-18-14(21)9-8-13(20)16(18)17(19(23)25)22-11(2)24/h4-9,17H,3,10H2,1-2H3,(H,22,24). The highest BCUT2D eigenvalue weighted by atomic mass is 35.5. The zero-order chi connectivity index (χ0) is 18.8. The van der Waals surface area contributed by atoms with Gasteiger partial charge in [0.15, 0.2) is 0 Å². The average molecular weight is 393 g/mol. The summed E-state index contributed by atoms with van der Waals surface area (Å²) in [7, 11) is 0. The molecule has 0 aromatic heterocycles. The van der Waals surface area contributed by atoms with Gasteiger partial charge in [-0.15, -0.1) is 0 Å². The zero-order valence-electron chi connectivity index (χ0n) is 14.4. The minimum Gasteiger partial charge on any atom is -0.494 e. The number of carbonyl (C=O) groups excluding carboxylic acids is 2. The van der Waals surface area contributed by atoms with E-state index in [1.165, 1.54) is 6.92 Å². The third-order valence-corrected chi connectivity index (χ3v) is 4.77. The van der Waals surface area contributed by atoms with Crippen molar-refractivity contribution >= 4 is 40.7 Å². The molecule has 7 heteroatoms. The summed E-state index contributed by atoms with van der Waals surface area (Å²) >= 11 is 12.7. The summed E-state index contributed by atoms with van der Waals surface area (Å²) in [5.41, 5.74) is 1.88. The Balaban J connectivity index is 2.05. The van der Waals surface area contributed by atoms with Gasteiger partial charge in [-0.25, -0.2) is 0 Å². The highest BCUT2D eigenvalue weighted by molar-refractivity contribution is 6.38. The molecule has 0 saturated heterocycles. The maximum absolute atomic E-state index is 13.0. The van der Waals surface area contributed by atoms with Crippen molar-refractivity contribution in [3.63, 3.8) is 0 Å². The number of fused-ring (bicyclic) bond motifs is 1. The molecule has 0 fully saturated rings. The summed E-state index contributed by atoms with van der Waals surface area (Å²) in [6, 6.07) is 9.92. The number of ether oxygens (including phenoxy) is 1. The molecule has 1 aliphatic rings. The number of hydrogen-bond acceptors (Lipinski definition) is 3. The number of carbonyl (C=O) groups is 2. The first-order chi connectivity index (χ1) is 12.4.